The lowest BCUT2D eigenvalue weighted by Crippen LogP contribution is -2.14. The van der Waals surface area contributed by atoms with Crippen molar-refractivity contribution in [2.45, 2.75) is 25.6 Å². The van der Waals surface area contributed by atoms with E-state index < -0.39 is 24.8 Å². The van der Waals surface area contributed by atoms with Gasteiger partial charge in [0.25, 0.3) is 0 Å². The third kappa shape index (κ3) is 3.09. The molecule has 1 aromatic heterocycles. The first-order valence-corrected chi connectivity index (χ1v) is 5.44. The number of rotatable bonds is 4. The number of hydrogen-bond donors (Lipinski definition) is 0. The summed E-state index contributed by atoms with van der Waals surface area (Å²) in [6.45, 7) is -0.0728. The minimum absolute atomic E-state index is 0.0728. The first-order chi connectivity index (χ1) is 8.46. The standard InChI is InChI=1S/C12H11F3N2O/c13-12(14,15)6-5-9(18)7-17-8-16-10-3-1-2-4-11(10)17/h1-4,8H,5-7H2. The first kappa shape index (κ1) is 12.6. The van der Waals surface area contributed by atoms with Gasteiger partial charge in [-0.2, -0.15) is 13.2 Å². The molecule has 0 aliphatic carbocycles. The number of para-hydroxylation sites is 2. The second kappa shape index (κ2) is 4.80. The molecule has 0 fully saturated rings. The maximum absolute atomic E-state index is 12.0. The van der Waals surface area contributed by atoms with Gasteiger partial charge in [-0.15, -0.1) is 0 Å². The fourth-order valence-electron chi connectivity index (χ4n) is 1.69. The van der Waals surface area contributed by atoms with Gasteiger partial charge in [0.2, 0.25) is 0 Å². The highest BCUT2D eigenvalue weighted by Gasteiger charge is 2.27. The number of ketones is 1. The van der Waals surface area contributed by atoms with Crippen molar-refractivity contribution in [3.8, 4) is 0 Å². The molecule has 0 unspecified atom stereocenters. The van der Waals surface area contributed by atoms with Crippen LogP contribution in [0.15, 0.2) is 30.6 Å². The van der Waals surface area contributed by atoms with Crippen molar-refractivity contribution >= 4 is 16.8 Å². The van der Waals surface area contributed by atoms with Gasteiger partial charge in [-0.1, -0.05) is 12.1 Å². The number of carbonyl (C=O) groups excluding carboxylic acids is 1. The lowest BCUT2D eigenvalue weighted by molar-refractivity contribution is -0.143. The Balaban J connectivity index is 2.03. The molecular formula is C12H11F3N2O. The van der Waals surface area contributed by atoms with Gasteiger partial charge in [0, 0.05) is 6.42 Å². The van der Waals surface area contributed by atoms with E-state index in [9.17, 15) is 18.0 Å². The zero-order chi connectivity index (χ0) is 13.2. The van der Waals surface area contributed by atoms with E-state index in [1.165, 1.54) is 6.33 Å². The van der Waals surface area contributed by atoms with Crippen LogP contribution in [0, 0.1) is 0 Å². The van der Waals surface area contributed by atoms with Crippen LogP contribution in [0.1, 0.15) is 12.8 Å². The summed E-state index contributed by atoms with van der Waals surface area (Å²) in [6.07, 6.45) is -4.38. The van der Waals surface area contributed by atoms with E-state index in [0.717, 1.165) is 11.0 Å². The summed E-state index contributed by atoms with van der Waals surface area (Å²) in [5, 5.41) is 0. The average molecular weight is 256 g/mol. The van der Waals surface area contributed by atoms with Crippen molar-refractivity contribution in [2.24, 2.45) is 0 Å². The highest BCUT2D eigenvalue weighted by molar-refractivity contribution is 5.81. The molecule has 0 N–H and O–H groups in total. The summed E-state index contributed by atoms with van der Waals surface area (Å²) in [6, 6.07) is 7.16. The van der Waals surface area contributed by atoms with Crippen LogP contribution >= 0.6 is 0 Å². The fourth-order valence-corrected chi connectivity index (χ4v) is 1.69. The number of aromatic nitrogens is 2. The second-order valence-corrected chi connectivity index (χ2v) is 4.02. The van der Waals surface area contributed by atoms with E-state index in [-0.39, 0.29) is 6.54 Å². The van der Waals surface area contributed by atoms with E-state index in [0.29, 0.717) is 0 Å². The number of carbonyl (C=O) groups is 1. The van der Waals surface area contributed by atoms with Crippen molar-refractivity contribution in [1.29, 1.82) is 0 Å². The van der Waals surface area contributed by atoms with Gasteiger partial charge in [-0.25, -0.2) is 4.98 Å². The molecule has 1 aromatic carbocycles. The Hall–Kier alpha value is -1.85. The van der Waals surface area contributed by atoms with Gasteiger partial charge >= 0.3 is 6.18 Å². The predicted molar refractivity (Wildman–Crippen MR) is 60.0 cm³/mol. The zero-order valence-corrected chi connectivity index (χ0v) is 9.44. The van der Waals surface area contributed by atoms with Crippen LogP contribution in [0.5, 0.6) is 0 Å². The minimum atomic E-state index is -4.29. The monoisotopic (exact) mass is 256 g/mol. The Labute approximate surface area is 101 Å². The average Bonchev–Trinajstić information content (AvgIpc) is 2.70. The van der Waals surface area contributed by atoms with Gasteiger partial charge in [-0.05, 0) is 12.1 Å². The maximum Gasteiger partial charge on any atom is 0.389 e. The van der Waals surface area contributed by atoms with Crippen molar-refractivity contribution in [1.82, 2.24) is 9.55 Å². The van der Waals surface area contributed by atoms with Crippen LogP contribution in [0.2, 0.25) is 0 Å². The minimum Gasteiger partial charge on any atom is -0.323 e. The second-order valence-electron chi connectivity index (χ2n) is 4.02. The number of halogens is 3. The number of alkyl halides is 3. The molecule has 6 heteroatoms. The molecule has 0 atom stereocenters. The highest BCUT2D eigenvalue weighted by Crippen LogP contribution is 2.21. The number of nitrogens with zero attached hydrogens (tertiary/aromatic N) is 2. The Morgan fingerprint density at radius 2 is 2.00 bits per heavy atom. The Kier molecular flexibility index (Phi) is 3.36. The first-order valence-electron chi connectivity index (χ1n) is 5.44. The van der Waals surface area contributed by atoms with Crippen LogP contribution in [0.3, 0.4) is 0 Å². The lowest BCUT2D eigenvalue weighted by Gasteiger charge is -2.06. The number of fused-ring (bicyclic) bond motifs is 1. The zero-order valence-electron chi connectivity index (χ0n) is 9.44. The molecule has 2 rings (SSSR count). The summed E-state index contributed by atoms with van der Waals surface area (Å²) >= 11 is 0. The van der Waals surface area contributed by atoms with Crippen LogP contribution in [0.4, 0.5) is 13.2 Å². The van der Waals surface area contributed by atoms with Gasteiger partial charge in [-0.3, -0.25) is 4.79 Å². The van der Waals surface area contributed by atoms with Gasteiger partial charge in [0.15, 0.2) is 5.78 Å². The smallest absolute Gasteiger partial charge is 0.323 e. The fraction of sp³-hybridized carbons (Fsp3) is 0.333. The highest BCUT2D eigenvalue weighted by atomic mass is 19.4. The molecule has 0 aliphatic rings. The maximum atomic E-state index is 12.0. The lowest BCUT2D eigenvalue weighted by atomic mass is 10.2. The Morgan fingerprint density at radius 1 is 1.28 bits per heavy atom. The molecule has 0 aliphatic heterocycles. The predicted octanol–water partition coefficient (Wildman–Crippen LogP) is 2.95. The van der Waals surface area contributed by atoms with E-state index in [2.05, 4.69) is 4.98 Å². The van der Waals surface area contributed by atoms with Gasteiger partial charge < -0.3 is 4.57 Å². The Bertz CT molecular complexity index is 560. The molecule has 0 spiro atoms. The number of imidazole rings is 1. The third-order valence-corrected chi connectivity index (χ3v) is 2.56. The van der Waals surface area contributed by atoms with Crippen LogP contribution < -0.4 is 0 Å². The molecule has 3 nitrogen and oxygen atoms in total. The van der Waals surface area contributed by atoms with Crippen LogP contribution in [-0.2, 0) is 11.3 Å². The van der Waals surface area contributed by atoms with E-state index in [1.807, 2.05) is 6.07 Å². The molecule has 0 bridgehead atoms. The van der Waals surface area contributed by atoms with Crippen molar-refractivity contribution in [3.63, 3.8) is 0 Å². The van der Waals surface area contributed by atoms with Crippen LogP contribution in [0.25, 0.3) is 11.0 Å². The summed E-state index contributed by atoms with van der Waals surface area (Å²) in [5.41, 5.74) is 1.47. The van der Waals surface area contributed by atoms with Gasteiger partial charge in [0.1, 0.15) is 0 Å². The van der Waals surface area contributed by atoms with Gasteiger partial charge in [0.05, 0.1) is 30.3 Å². The van der Waals surface area contributed by atoms with Crippen molar-refractivity contribution < 1.29 is 18.0 Å². The summed E-state index contributed by atoms with van der Waals surface area (Å²) in [7, 11) is 0. The number of benzene rings is 1. The molecule has 0 radical (unpaired) electrons. The SMILES string of the molecule is O=C(CCC(F)(F)F)Cn1cnc2ccccc21. The van der Waals surface area contributed by atoms with Crippen molar-refractivity contribution in [3.05, 3.63) is 30.6 Å². The molecular weight excluding hydrogens is 245 g/mol. The normalized spacial score (nSPS) is 11.9. The molecule has 18 heavy (non-hydrogen) atoms. The topological polar surface area (TPSA) is 34.9 Å². The molecule has 0 saturated heterocycles. The molecule has 0 saturated carbocycles. The van der Waals surface area contributed by atoms with E-state index in [4.69, 9.17) is 0 Å². The molecule has 96 valence electrons. The quantitative estimate of drug-likeness (QED) is 0.843. The largest absolute Gasteiger partial charge is 0.389 e. The van der Waals surface area contributed by atoms with E-state index >= 15 is 0 Å². The summed E-state index contributed by atoms with van der Waals surface area (Å²) in [5.74, 6) is -0.449. The van der Waals surface area contributed by atoms with Crippen LogP contribution in [-0.4, -0.2) is 21.5 Å². The summed E-state index contributed by atoms with van der Waals surface area (Å²) < 4.78 is 37.5. The third-order valence-electron chi connectivity index (χ3n) is 2.56. The van der Waals surface area contributed by atoms with E-state index in [1.54, 1.807) is 22.8 Å². The number of Topliss-reactive ketones (excluding diaryl/α,β-unsaturated/α-hetero) is 1. The number of hydrogen-bond acceptors (Lipinski definition) is 2. The van der Waals surface area contributed by atoms with Crippen molar-refractivity contribution in [2.75, 3.05) is 0 Å². The summed E-state index contributed by atoms with van der Waals surface area (Å²) in [4.78, 5) is 15.5. The molecule has 2 aromatic rings. The Morgan fingerprint density at radius 3 is 2.72 bits per heavy atom. The molecule has 1 heterocycles. The molecule has 0 amide bonds.